The number of aryl methyl sites for hydroxylation is 1. The van der Waals surface area contributed by atoms with Crippen molar-refractivity contribution in [2.75, 3.05) is 6.61 Å². The van der Waals surface area contributed by atoms with E-state index in [1.54, 1.807) is 0 Å². The van der Waals surface area contributed by atoms with Crippen molar-refractivity contribution in [3.8, 4) is 0 Å². The zero-order chi connectivity index (χ0) is 17.1. The van der Waals surface area contributed by atoms with Crippen LogP contribution in [0.3, 0.4) is 0 Å². The summed E-state index contributed by atoms with van der Waals surface area (Å²) in [6.45, 7) is 3.65. The molecule has 0 fully saturated rings. The van der Waals surface area contributed by atoms with Crippen LogP contribution in [0.1, 0.15) is 48.3 Å². The lowest BCUT2D eigenvalue weighted by Gasteiger charge is -2.14. The number of nitrogens with one attached hydrogen (secondary N) is 1. The van der Waals surface area contributed by atoms with Crippen LogP contribution in [0.25, 0.3) is 10.9 Å². The van der Waals surface area contributed by atoms with Crippen LogP contribution >= 0.6 is 0 Å². The van der Waals surface area contributed by atoms with Crippen molar-refractivity contribution >= 4 is 22.8 Å². The Labute approximate surface area is 141 Å². The number of amides is 1. The predicted octanol–water partition coefficient (Wildman–Crippen LogP) is 2.80. The molecule has 1 aliphatic rings. The monoisotopic (exact) mass is 326 g/mol. The Bertz CT molecular complexity index is 786. The van der Waals surface area contributed by atoms with Gasteiger partial charge in [0.1, 0.15) is 0 Å². The van der Waals surface area contributed by atoms with Crippen molar-refractivity contribution in [3.63, 3.8) is 0 Å². The molecule has 1 N–H and O–H groups in total. The summed E-state index contributed by atoms with van der Waals surface area (Å²) in [4.78, 5) is 29.2. The molecule has 2 aromatic rings. The highest BCUT2D eigenvalue weighted by Gasteiger charge is 2.25. The van der Waals surface area contributed by atoms with E-state index in [0.29, 0.717) is 5.56 Å². The lowest BCUT2D eigenvalue weighted by Crippen LogP contribution is -2.35. The first-order valence-corrected chi connectivity index (χ1v) is 8.47. The second kappa shape index (κ2) is 6.99. The molecule has 0 bridgehead atoms. The number of esters is 1. The number of carbonyl (C=O) groups excluding carboxylic acids is 2. The van der Waals surface area contributed by atoms with Gasteiger partial charge in [0.2, 0.25) is 0 Å². The number of nitrogens with zero attached hydrogens (tertiary/aromatic N) is 1. The minimum atomic E-state index is -0.439. The number of hydrogen-bond donors (Lipinski definition) is 1. The third-order valence-corrected chi connectivity index (χ3v) is 4.48. The van der Waals surface area contributed by atoms with E-state index in [0.717, 1.165) is 47.8 Å². The summed E-state index contributed by atoms with van der Waals surface area (Å²) in [5.41, 5.74) is 3.32. The zero-order valence-corrected chi connectivity index (χ0v) is 14.1. The Hall–Kier alpha value is -2.43. The van der Waals surface area contributed by atoms with Crippen LogP contribution in [0.2, 0.25) is 0 Å². The number of fused-ring (bicyclic) bond motifs is 2. The Kier molecular flexibility index (Phi) is 4.79. The van der Waals surface area contributed by atoms with Gasteiger partial charge < -0.3 is 10.1 Å². The second-order valence-electron chi connectivity index (χ2n) is 6.24. The number of para-hydroxylation sites is 1. The molecule has 5 nitrogen and oxygen atoms in total. The van der Waals surface area contributed by atoms with Gasteiger partial charge in [0.15, 0.2) is 6.61 Å². The fourth-order valence-corrected chi connectivity index (χ4v) is 3.07. The molecular weight excluding hydrogens is 304 g/mol. The van der Waals surface area contributed by atoms with Crippen molar-refractivity contribution in [1.82, 2.24) is 10.3 Å². The summed E-state index contributed by atoms with van der Waals surface area (Å²) in [5, 5.41) is 3.59. The Morgan fingerprint density at radius 3 is 2.88 bits per heavy atom. The number of pyridine rings is 1. The maximum absolute atomic E-state index is 12.6. The third kappa shape index (κ3) is 3.25. The fourth-order valence-electron chi connectivity index (χ4n) is 3.07. The molecular formula is C19H22N2O3. The molecule has 3 rings (SSSR count). The number of benzene rings is 1. The fraction of sp³-hybridized carbons (Fsp3) is 0.421. The van der Waals surface area contributed by atoms with E-state index in [9.17, 15) is 9.59 Å². The molecule has 0 radical (unpaired) electrons. The zero-order valence-electron chi connectivity index (χ0n) is 14.1. The van der Waals surface area contributed by atoms with Gasteiger partial charge >= 0.3 is 5.97 Å². The first-order chi connectivity index (χ1) is 11.6. The third-order valence-electron chi connectivity index (χ3n) is 4.48. The van der Waals surface area contributed by atoms with Crippen molar-refractivity contribution < 1.29 is 14.3 Å². The molecule has 0 unspecified atom stereocenters. The molecule has 1 aliphatic carbocycles. The van der Waals surface area contributed by atoms with Crippen molar-refractivity contribution in [2.24, 2.45) is 0 Å². The summed E-state index contributed by atoms with van der Waals surface area (Å²) in [6, 6.07) is 7.66. The van der Waals surface area contributed by atoms with E-state index in [1.165, 1.54) is 0 Å². The Morgan fingerprint density at radius 1 is 1.29 bits per heavy atom. The predicted molar refractivity (Wildman–Crippen MR) is 91.9 cm³/mol. The van der Waals surface area contributed by atoms with E-state index in [4.69, 9.17) is 4.74 Å². The quantitative estimate of drug-likeness (QED) is 0.858. The lowest BCUT2D eigenvalue weighted by atomic mass is 10.0. The first-order valence-electron chi connectivity index (χ1n) is 8.47. The van der Waals surface area contributed by atoms with E-state index in [1.807, 2.05) is 38.1 Å². The van der Waals surface area contributed by atoms with Crippen LogP contribution < -0.4 is 5.32 Å². The highest BCUT2D eigenvalue weighted by atomic mass is 16.5. The van der Waals surface area contributed by atoms with Gasteiger partial charge in [-0.3, -0.25) is 9.78 Å². The summed E-state index contributed by atoms with van der Waals surface area (Å²) in [5.74, 6) is -0.709. The van der Waals surface area contributed by atoms with Gasteiger partial charge in [-0.15, -0.1) is 0 Å². The molecule has 1 aromatic carbocycles. The first kappa shape index (κ1) is 16.4. The maximum Gasteiger partial charge on any atom is 0.339 e. The van der Waals surface area contributed by atoms with Crippen LogP contribution in [0.5, 0.6) is 0 Å². The van der Waals surface area contributed by atoms with Gasteiger partial charge in [0.05, 0.1) is 11.1 Å². The van der Waals surface area contributed by atoms with E-state index in [2.05, 4.69) is 10.3 Å². The van der Waals surface area contributed by atoms with Gasteiger partial charge in [0.25, 0.3) is 5.91 Å². The number of rotatable bonds is 5. The van der Waals surface area contributed by atoms with Crippen LogP contribution in [0.15, 0.2) is 24.3 Å². The number of hydrogen-bond acceptors (Lipinski definition) is 4. The van der Waals surface area contributed by atoms with Crippen LogP contribution in [0.4, 0.5) is 0 Å². The van der Waals surface area contributed by atoms with Crippen molar-refractivity contribution in [3.05, 3.63) is 41.1 Å². The Morgan fingerprint density at radius 2 is 2.08 bits per heavy atom. The average molecular weight is 326 g/mol. The van der Waals surface area contributed by atoms with Gasteiger partial charge in [-0.05, 0) is 44.2 Å². The lowest BCUT2D eigenvalue weighted by molar-refractivity contribution is -0.124. The molecule has 0 spiro atoms. The molecule has 5 heteroatoms. The van der Waals surface area contributed by atoms with Gasteiger partial charge in [-0.25, -0.2) is 4.79 Å². The van der Waals surface area contributed by atoms with E-state index >= 15 is 0 Å². The normalized spacial score (nSPS) is 14.2. The maximum atomic E-state index is 12.6. The summed E-state index contributed by atoms with van der Waals surface area (Å²) in [6.07, 6.45) is 3.54. The smallest absolute Gasteiger partial charge is 0.339 e. The summed E-state index contributed by atoms with van der Waals surface area (Å²) >= 11 is 0. The number of ether oxygens (including phenoxy) is 1. The number of aromatic nitrogens is 1. The van der Waals surface area contributed by atoms with Gasteiger partial charge in [0, 0.05) is 17.1 Å². The largest absolute Gasteiger partial charge is 0.452 e. The molecule has 1 heterocycles. The summed E-state index contributed by atoms with van der Waals surface area (Å²) < 4.78 is 5.29. The molecule has 0 aliphatic heterocycles. The SMILES string of the molecule is CC[C@@H](C)NC(=O)COC(=O)c1c2c(nc3ccccc13)CCC2. The summed E-state index contributed by atoms with van der Waals surface area (Å²) in [7, 11) is 0. The van der Waals surface area contributed by atoms with Crippen LogP contribution in [-0.2, 0) is 22.4 Å². The molecule has 0 saturated heterocycles. The average Bonchev–Trinajstić information content (AvgIpc) is 3.05. The number of carbonyl (C=O) groups is 2. The molecule has 1 amide bonds. The standard InChI is InChI=1S/C19H22N2O3/c1-3-12(2)20-17(22)11-24-19(23)18-13-7-4-5-9-15(13)21-16-10-6-8-14(16)18/h4-5,7,9,12H,3,6,8,10-11H2,1-2H3,(H,20,22)/t12-/m1/s1. The molecule has 24 heavy (non-hydrogen) atoms. The van der Waals surface area contributed by atoms with Crippen LogP contribution in [0, 0.1) is 0 Å². The highest BCUT2D eigenvalue weighted by molar-refractivity contribution is 6.05. The molecule has 1 aromatic heterocycles. The second-order valence-corrected chi connectivity index (χ2v) is 6.24. The Balaban J connectivity index is 1.84. The van der Waals surface area contributed by atoms with Gasteiger partial charge in [-0.2, -0.15) is 0 Å². The highest BCUT2D eigenvalue weighted by Crippen LogP contribution is 2.30. The minimum Gasteiger partial charge on any atom is -0.452 e. The molecule has 0 saturated carbocycles. The molecule has 126 valence electrons. The van der Waals surface area contributed by atoms with E-state index in [-0.39, 0.29) is 18.6 Å². The van der Waals surface area contributed by atoms with E-state index < -0.39 is 5.97 Å². The van der Waals surface area contributed by atoms with Gasteiger partial charge in [-0.1, -0.05) is 25.1 Å². The topological polar surface area (TPSA) is 68.3 Å². The molecule has 1 atom stereocenters. The van der Waals surface area contributed by atoms with Crippen molar-refractivity contribution in [2.45, 2.75) is 45.6 Å². The van der Waals surface area contributed by atoms with Crippen LogP contribution in [-0.4, -0.2) is 29.5 Å². The minimum absolute atomic E-state index is 0.0715. The van der Waals surface area contributed by atoms with Crippen molar-refractivity contribution in [1.29, 1.82) is 0 Å².